The van der Waals surface area contributed by atoms with Crippen LogP contribution in [-0.2, 0) is 14.8 Å². The number of carbonyl (C=O) groups is 1. The van der Waals surface area contributed by atoms with Gasteiger partial charge in [-0.3, -0.25) is 4.79 Å². The van der Waals surface area contributed by atoms with Gasteiger partial charge >= 0.3 is 0 Å². The van der Waals surface area contributed by atoms with Gasteiger partial charge in [0.05, 0.1) is 11.5 Å². The molecule has 0 aromatic heterocycles. The van der Waals surface area contributed by atoms with Gasteiger partial charge in [-0.15, -0.1) is 0 Å². The lowest BCUT2D eigenvalue weighted by atomic mass is 10.1. The number of sulfonamides is 1. The second-order valence-corrected chi connectivity index (χ2v) is 7.76. The van der Waals surface area contributed by atoms with Crippen LogP contribution in [0.3, 0.4) is 0 Å². The molecule has 0 aliphatic heterocycles. The average Bonchev–Trinajstić information content (AvgIpc) is 2.36. The number of hydrogen-bond donors (Lipinski definition) is 2. The summed E-state index contributed by atoms with van der Waals surface area (Å²) < 4.78 is 32.1. The number of rotatable bonds is 6. The predicted octanol–water partition coefficient (Wildman–Crippen LogP) is 1.45. The van der Waals surface area contributed by atoms with Crippen LogP contribution in [0.5, 0.6) is 0 Å². The van der Waals surface area contributed by atoms with Gasteiger partial charge in [0.25, 0.3) is 5.91 Å². The zero-order valence-corrected chi connectivity index (χ0v) is 14.5. The van der Waals surface area contributed by atoms with Crippen LogP contribution in [0.4, 0.5) is 0 Å². The molecule has 124 valence electrons. The summed E-state index contributed by atoms with van der Waals surface area (Å²) in [4.78, 5) is 12.2. The van der Waals surface area contributed by atoms with Crippen molar-refractivity contribution >= 4 is 15.9 Å². The summed E-state index contributed by atoms with van der Waals surface area (Å²) >= 11 is 0. The van der Waals surface area contributed by atoms with E-state index in [1.807, 2.05) is 0 Å². The summed E-state index contributed by atoms with van der Waals surface area (Å²) in [7, 11) is -2.13. The summed E-state index contributed by atoms with van der Waals surface area (Å²) in [6, 6.07) is 4.52. The Kier molecular flexibility index (Phi) is 6.10. The SMILES string of the molecule is COCCNC(=O)c1cc(S(=O)(=O)NC(C)(C)C)ccc1C. The van der Waals surface area contributed by atoms with Gasteiger partial charge in [0.1, 0.15) is 0 Å². The fourth-order valence-corrected chi connectivity index (χ4v) is 3.28. The Morgan fingerprint density at radius 2 is 1.91 bits per heavy atom. The molecule has 1 amide bonds. The van der Waals surface area contributed by atoms with Crippen molar-refractivity contribution < 1.29 is 17.9 Å². The molecule has 0 bridgehead atoms. The topological polar surface area (TPSA) is 84.5 Å². The van der Waals surface area contributed by atoms with Crippen molar-refractivity contribution in [3.8, 4) is 0 Å². The predicted molar refractivity (Wildman–Crippen MR) is 85.5 cm³/mol. The number of ether oxygens (including phenoxy) is 1. The lowest BCUT2D eigenvalue weighted by Crippen LogP contribution is -2.40. The Balaban J connectivity index is 3.06. The Labute approximate surface area is 132 Å². The fourth-order valence-electron chi connectivity index (χ4n) is 1.84. The molecule has 0 aliphatic carbocycles. The normalized spacial score (nSPS) is 12.2. The van der Waals surface area contributed by atoms with Crippen molar-refractivity contribution in [2.75, 3.05) is 20.3 Å². The van der Waals surface area contributed by atoms with E-state index in [9.17, 15) is 13.2 Å². The molecule has 0 radical (unpaired) electrons. The molecule has 0 spiro atoms. The first kappa shape index (κ1) is 18.6. The Morgan fingerprint density at radius 3 is 2.45 bits per heavy atom. The van der Waals surface area contributed by atoms with Gasteiger partial charge in [-0.25, -0.2) is 13.1 Å². The van der Waals surface area contributed by atoms with E-state index < -0.39 is 15.6 Å². The third kappa shape index (κ3) is 5.40. The van der Waals surface area contributed by atoms with E-state index in [4.69, 9.17) is 4.74 Å². The maximum Gasteiger partial charge on any atom is 0.251 e. The first-order valence-electron chi connectivity index (χ1n) is 6.98. The number of carbonyl (C=O) groups excluding carboxylic acids is 1. The molecule has 1 aromatic rings. The molecule has 22 heavy (non-hydrogen) atoms. The van der Waals surface area contributed by atoms with Crippen LogP contribution in [0.1, 0.15) is 36.7 Å². The fraction of sp³-hybridized carbons (Fsp3) is 0.533. The van der Waals surface area contributed by atoms with Crippen LogP contribution < -0.4 is 10.0 Å². The van der Waals surface area contributed by atoms with Crippen molar-refractivity contribution in [2.45, 2.75) is 38.1 Å². The van der Waals surface area contributed by atoms with E-state index in [2.05, 4.69) is 10.0 Å². The molecule has 1 rings (SSSR count). The van der Waals surface area contributed by atoms with Gasteiger partial charge in [-0.2, -0.15) is 0 Å². The molecule has 0 aliphatic rings. The number of nitrogens with one attached hydrogen (secondary N) is 2. The number of methoxy groups -OCH3 is 1. The standard InChI is InChI=1S/C15H24N2O4S/c1-11-6-7-12(22(19,20)17-15(2,3)4)10-13(11)14(18)16-8-9-21-5/h6-7,10,17H,8-9H2,1-5H3,(H,16,18). The zero-order chi connectivity index (χ0) is 17.0. The van der Waals surface area contributed by atoms with E-state index >= 15 is 0 Å². The Hall–Kier alpha value is -1.44. The van der Waals surface area contributed by atoms with Crippen LogP contribution in [0, 0.1) is 6.92 Å². The molecule has 2 N–H and O–H groups in total. The van der Waals surface area contributed by atoms with E-state index in [1.54, 1.807) is 40.9 Å². The minimum atomic E-state index is -3.67. The van der Waals surface area contributed by atoms with Crippen LogP contribution in [0.15, 0.2) is 23.1 Å². The number of benzene rings is 1. The minimum absolute atomic E-state index is 0.0740. The van der Waals surface area contributed by atoms with Crippen molar-refractivity contribution in [3.63, 3.8) is 0 Å². The largest absolute Gasteiger partial charge is 0.383 e. The zero-order valence-electron chi connectivity index (χ0n) is 13.7. The molecule has 6 nitrogen and oxygen atoms in total. The Bertz CT molecular complexity index is 633. The minimum Gasteiger partial charge on any atom is -0.383 e. The first-order valence-corrected chi connectivity index (χ1v) is 8.47. The van der Waals surface area contributed by atoms with Gasteiger partial charge in [-0.05, 0) is 45.4 Å². The van der Waals surface area contributed by atoms with Gasteiger partial charge in [0.15, 0.2) is 0 Å². The van der Waals surface area contributed by atoms with E-state index in [1.165, 1.54) is 12.1 Å². The molecule has 0 heterocycles. The lowest BCUT2D eigenvalue weighted by Gasteiger charge is -2.20. The van der Waals surface area contributed by atoms with E-state index in [-0.39, 0.29) is 10.8 Å². The molecule has 0 fully saturated rings. The second-order valence-electron chi connectivity index (χ2n) is 6.08. The Morgan fingerprint density at radius 1 is 1.27 bits per heavy atom. The van der Waals surface area contributed by atoms with Gasteiger partial charge in [0, 0.05) is 24.8 Å². The quantitative estimate of drug-likeness (QED) is 0.774. The highest BCUT2D eigenvalue weighted by atomic mass is 32.2. The first-order chi connectivity index (χ1) is 10.1. The molecule has 7 heteroatoms. The third-order valence-electron chi connectivity index (χ3n) is 2.80. The number of amides is 1. The van der Waals surface area contributed by atoms with Crippen LogP contribution in [-0.4, -0.2) is 40.1 Å². The molecule has 0 saturated carbocycles. The average molecular weight is 328 g/mol. The highest BCUT2D eigenvalue weighted by Gasteiger charge is 2.23. The molecule has 0 unspecified atom stereocenters. The maximum absolute atomic E-state index is 12.3. The summed E-state index contributed by atoms with van der Waals surface area (Å²) in [5, 5.41) is 2.69. The van der Waals surface area contributed by atoms with E-state index in [0.717, 1.165) is 0 Å². The van der Waals surface area contributed by atoms with E-state index in [0.29, 0.717) is 24.3 Å². The molecule has 1 aromatic carbocycles. The maximum atomic E-state index is 12.3. The van der Waals surface area contributed by atoms with Crippen molar-refractivity contribution in [2.24, 2.45) is 0 Å². The summed E-state index contributed by atoms with van der Waals surface area (Å²) in [5.74, 6) is -0.317. The lowest BCUT2D eigenvalue weighted by molar-refractivity contribution is 0.0936. The van der Waals surface area contributed by atoms with Gasteiger partial charge in [-0.1, -0.05) is 6.07 Å². The van der Waals surface area contributed by atoms with Gasteiger partial charge in [0.2, 0.25) is 10.0 Å². The molecular weight excluding hydrogens is 304 g/mol. The van der Waals surface area contributed by atoms with Crippen LogP contribution in [0.2, 0.25) is 0 Å². The summed E-state index contributed by atoms with van der Waals surface area (Å²) in [6.45, 7) is 7.81. The second kappa shape index (κ2) is 7.21. The highest BCUT2D eigenvalue weighted by molar-refractivity contribution is 7.89. The third-order valence-corrected chi connectivity index (χ3v) is 4.55. The van der Waals surface area contributed by atoms with Crippen molar-refractivity contribution in [1.82, 2.24) is 10.0 Å². The molecule has 0 saturated heterocycles. The highest BCUT2D eigenvalue weighted by Crippen LogP contribution is 2.17. The summed E-state index contributed by atoms with van der Waals surface area (Å²) in [5.41, 5.74) is 0.461. The van der Waals surface area contributed by atoms with Crippen molar-refractivity contribution in [1.29, 1.82) is 0 Å². The molecule has 0 atom stereocenters. The summed E-state index contributed by atoms with van der Waals surface area (Å²) in [6.07, 6.45) is 0. The number of hydrogen-bond acceptors (Lipinski definition) is 4. The van der Waals surface area contributed by atoms with Crippen LogP contribution in [0.25, 0.3) is 0 Å². The van der Waals surface area contributed by atoms with Crippen LogP contribution >= 0.6 is 0 Å². The number of aryl methyl sites for hydroxylation is 1. The molecular formula is C15H24N2O4S. The van der Waals surface area contributed by atoms with Crippen molar-refractivity contribution in [3.05, 3.63) is 29.3 Å². The van der Waals surface area contributed by atoms with Gasteiger partial charge < -0.3 is 10.1 Å². The smallest absolute Gasteiger partial charge is 0.251 e. The monoisotopic (exact) mass is 328 g/mol.